The molecule has 1 aromatic rings. The van der Waals surface area contributed by atoms with Gasteiger partial charge in [0.05, 0.1) is 0 Å². The Hall–Kier alpha value is -0.380. The lowest BCUT2D eigenvalue weighted by atomic mass is 9.99. The summed E-state index contributed by atoms with van der Waals surface area (Å²) in [5.41, 5.74) is 5.84. The van der Waals surface area contributed by atoms with Gasteiger partial charge >= 0.3 is 0 Å². The molecule has 1 saturated heterocycles. The molecule has 3 heteroatoms. The molecular weight excluding hydrogens is 194 g/mol. The third-order valence-corrected chi connectivity index (χ3v) is 4.17. The molecule has 0 aliphatic carbocycles. The van der Waals surface area contributed by atoms with E-state index in [1.807, 2.05) is 18.3 Å². The SMILES string of the molecule is CC(N)c1ccc(C2CCOCC2)s1. The van der Waals surface area contributed by atoms with Crippen molar-refractivity contribution in [3.8, 4) is 0 Å². The van der Waals surface area contributed by atoms with Gasteiger partial charge in [-0.2, -0.15) is 0 Å². The molecule has 2 heterocycles. The van der Waals surface area contributed by atoms with Crippen LogP contribution in [-0.2, 0) is 4.74 Å². The van der Waals surface area contributed by atoms with Gasteiger partial charge in [-0.3, -0.25) is 0 Å². The van der Waals surface area contributed by atoms with Gasteiger partial charge in [0.1, 0.15) is 0 Å². The van der Waals surface area contributed by atoms with Gasteiger partial charge in [-0.15, -0.1) is 11.3 Å². The smallest absolute Gasteiger partial charge is 0.0472 e. The van der Waals surface area contributed by atoms with Crippen molar-refractivity contribution in [2.24, 2.45) is 5.73 Å². The Morgan fingerprint density at radius 3 is 2.71 bits per heavy atom. The highest BCUT2D eigenvalue weighted by atomic mass is 32.1. The first-order chi connectivity index (χ1) is 6.77. The summed E-state index contributed by atoms with van der Waals surface area (Å²) in [5.74, 6) is 0.709. The predicted octanol–water partition coefficient (Wildman–Crippen LogP) is 2.66. The van der Waals surface area contributed by atoms with Gasteiger partial charge in [0, 0.05) is 29.0 Å². The van der Waals surface area contributed by atoms with Gasteiger partial charge in [-0.05, 0) is 37.8 Å². The fraction of sp³-hybridized carbons (Fsp3) is 0.636. The molecule has 1 aliphatic rings. The van der Waals surface area contributed by atoms with Gasteiger partial charge in [0.2, 0.25) is 0 Å². The van der Waals surface area contributed by atoms with Gasteiger partial charge < -0.3 is 10.5 Å². The van der Waals surface area contributed by atoms with Gasteiger partial charge in [-0.25, -0.2) is 0 Å². The first-order valence-electron chi connectivity index (χ1n) is 5.20. The van der Waals surface area contributed by atoms with Crippen LogP contribution in [0, 0.1) is 0 Å². The quantitative estimate of drug-likeness (QED) is 0.816. The van der Waals surface area contributed by atoms with Crippen LogP contribution in [0.2, 0.25) is 0 Å². The molecule has 78 valence electrons. The van der Waals surface area contributed by atoms with Crippen LogP contribution in [0.1, 0.15) is 41.5 Å². The number of nitrogens with two attached hydrogens (primary N) is 1. The summed E-state index contributed by atoms with van der Waals surface area (Å²) in [6.07, 6.45) is 2.33. The average Bonchev–Trinajstić information content (AvgIpc) is 2.68. The number of ether oxygens (including phenoxy) is 1. The van der Waals surface area contributed by atoms with Crippen LogP contribution in [0.15, 0.2) is 12.1 Å². The van der Waals surface area contributed by atoms with Crippen LogP contribution in [0.5, 0.6) is 0 Å². The zero-order valence-corrected chi connectivity index (χ0v) is 9.35. The number of hydrogen-bond donors (Lipinski definition) is 1. The highest BCUT2D eigenvalue weighted by Crippen LogP contribution is 2.33. The first-order valence-corrected chi connectivity index (χ1v) is 6.02. The summed E-state index contributed by atoms with van der Waals surface area (Å²) in [7, 11) is 0. The molecule has 2 rings (SSSR count). The number of hydrogen-bond acceptors (Lipinski definition) is 3. The molecule has 1 fully saturated rings. The van der Waals surface area contributed by atoms with Crippen LogP contribution in [0.3, 0.4) is 0 Å². The number of thiophene rings is 1. The lowest BCUT2D eigenvalue weighted by molar-refractivity contribution is 0.0860. The summed E-state index contributed by atoms with van der Waals surface area (Å²) < 4.78 is 5.36. The second-order valence-electron chi connectivity index (χ2n) is 3.92. The summed E-state index contributed by atoms with van der Waals surface area (Å²) in [6.45, 7) is 3.87. The highest BCUT2D eigenvalue weighted by Gasteiger charge is 2.18. The minimum absolute atomic E-state index is 0.175. The molecule has 14 heavy (non-hydrogen) atoms. The second-order valence-corrected chi connectivity index (χ2v) is 5.06. The molecule has 0 amide bonds. The van der Waals surface area contributed by atoms with E-state index in [2.05, 4.69) is 12.1 Å². The molecule has 0 bridgehead atoms. The van der Waals surface area contributed by atoms with Crippen molar-refractivity contribution in [1.29, 1.82) is 0 Å². The van der Waals surface area contributed by atoms with Crippen LogP contribution in [0.4, 0.5) is 0 Å². The molecule has 0 aromatic carbocycles. The Balaban J connectivity index is 2.07. The Morgan fingerprint density at radius 2 is 2.14 bits per heavy atom. The van der Waals surface area contributed by atoms with E-state index in [0.29, 0.717) is 5.92 Å². The maximum atomic E-state index is 5.84. The second kappa shape index (κ2) is 4.43. The first kappa shape index (κ1) is 10.1. The minimum atomic E-state index is 0.175. The maximum Gasteiger partial charge on any atom is 0.0472 e. The van der Waals surface area contributed by atoms with Gasteiger partial charge in [0.15, 0.2) is 0 Å². The summed E-state index contributed by atoms with van der Waals surface area (Å²) in [5, 5.41) is 0. The molecule has 1 atom stereocenters. The van der Waals surface area contributed by atoms with Crippen molar-refractivity contribution in [2.75, 3.05) is 13.2 Å². The largest absolute Gasteiger partial charge is 0.381 e. The number of rotatable bonds is 2. The Labute approximate surface area is 89.1 Å². The molecule has 2 N–H and O–H groups in total. The Bertz CT molecular complexity index is 289. The lowest BCUT2D eigenvalue weighted by Gasteiger charge is -2.20. The van der Waals surface area contributed by atoms with E-state index in [4.69, 9.17) is 10.5 Å². The molecule has 1 aromatic heterocycles. The van der Waals surface area contributed by atoms with E-state index in [-0.39, 0.29) is 6.04 Å². The maximum absolute atomic E-state index is 5.84. The van der Waals surface area contributed by atoms with Gasteiger partial charge in [0.25, 0.3) is 0 Å². The minimum Gasteiger partial charge on any atom is -0.381 e. The molecular formula is C11H17NOS. The average molecular weight is 211 g/mol. The Kier molecular flexibility index (Phi) is 3.21. The van der Waals surface area contributed by atoms with Crippen LogP contribution in [0.25, 0.3) is 0 Å². The van der Waals surface area contributed by atoms with Crippen molar-refractivity contribution in [1.82, 2.24) is 0 Å². The third-order valence-electron chi connectivity index (χ3n) is 2.72. The van der Waals surface area contributed by atoms with Crippen molar-refractivity contribution >= 4 is 11.3 Å². The molecule has 1 aliphatic heterocycles. The topological polar surface area (TPSA) is 35.2 Å². The van der Waals surface area contributed by atoms with E-state index in [9.17, 15) is 0 Å². The highest BCUT2D eigenvalue weighted by molar-refractivity contribution is 7.12. The third kappa shape index (κ3) is 2.16. The zero-order chi connectivity index (χ0) is 9.97. The lowest BCUT2D eigenvalue weighted by Crippen LogP contribution is -2.12. The van der Waals surface area contributed by atoms with Crippen LogP contribution < -0.4 is 5.73 Å². The summed E-state index contributed by atoms with van der Waals surface area (Å²) in [4.78, 5) is 2.78. The molecule has 1 unspecified atom stereocenters. The standard InChI is InChI=1S/C11H17NOS/c1-8(12)10-2-3-11(14-10)9-4-6-13-7-5-9/h2-3,8-9H,4-7,12H2,1H3. The van der Waals surface area contributed by atoms with E-state index in [1.165, 1.54) is 22.6 Å². The predicted molar refractivity (Wildman–Crippen MR) is 59.7 cm³/mol. The van der Waals surface area contributed by atoms with Crippen molar-refractivity contribution in [3.05, 3.63) is 21.9 Å². The van der Waals surface area contributed by atoms with Gasteiger partial charge in [-0.1, -0.05) is 0 Å². The van der Waals surface area contributed by atoms with Crippen molar-refractivity contribution in [2.45, 2.75) is 31.7 Å². The monoisotopic (exact) mass is 211 g/mol. The van der Waals surface area contributed by atoms with E-state index >= 15 is 0 Å². The van der Waals surface area contributed by atoms with Crippen molar-refractivity contribution < 1.29 is 4.74 Å². The van der Waals surface area contributed by atoms with Crippen LogP contribution >= 0.6 is 11.3 Å². The molecule has 0 saturated carbocycles. The van der Waals surface area contributed by atoms with E-state index in [1.54, 1.807) is 0 Å². The summed E-state index contributed by atoms with van der Waals surface area (Å²) >= 11 is 1.87. The summed E-state index contributed by atoms with van der Waals surface area (Å²) in [6, 6.07) is 4.58. The van der Waals surface area contributed by atoms with E-state index < -0.39 is 0 Å². The Morgan fingerprint density at radius 1 is 1.43 bits per heavy atom. The fourth-order valence-electron chi connectivity index (χ4n) is 1.81. The normalized spacial score (nSPS) is 21.0. The van der Waals surface area contributed by atoms with Crippen LogP contribution in [-0.4, -0.2) is 13.2 Å². The van der Waals surface area contributed by atoms with E-state index in [0.717, 1.165) is 13.2 Å². The fourth-order valence-corrected chi connectivity index (χ4v) is 2.95. The van der Waals surface area contributed by atoms with Crippen molar-refractivity contribution in [3.63, 3.8) is 0 Å². The zero-order valence-electron chi connectivity index (χ0n) is 8.53. The molecule has 0 radical (unpaired) electrons. The molecule has 2 nitrogen and oxygen atoms in total. The molecule has 0 spiro atoms.